The summed E-state index contributed by atoms with van der Waals surface area (Å²) in [5.41, 5.74) is 2.98. The van der Waals surface area contributed by atoms with E-state index in [1.165, 1.54) is 49.7 Å². The molecule has 10 heteroatoms. The molecule has 0 unspecified atom stereocenters. The number of nitrogens with one attached hydrogen (secondary N) is 1. The van der Waals surface area contributed by atoms with Crippen molar-refractivity contribution in [3.05, 3.63) is 77.2 Å². The van der Waals surface area contributed by atoms with E-state index in [-0.39, 0.29) is 17.2 Å². The van der Waals surface area contributed by atoms with Crippen molar-refractivity contribution >= 4 is 21.6 Å². The molecular weight excluding hydrogens is 473 g/mol. The van der Waals surface area contributed by atoms with Gasteiger partial charge in [0.05, 0.1) is 24.1 Å². The highest BCUT2D eigenvalue weighted by Gasteiger charge is 2.22. The molecule has 0 spiro atoms. The van der Waals surface area contributed by atoms with E-state index in [1.807, 2.05) is 13.8 Å². The molecular formula is C25H26FN3O5S. The number of carbonyl (C=O) groups excluding carboxylic acids is 1. The van der Waals surface area contributed by atoms with Gasteiger partial charge in [0.25, 0.3) is 10.0 Å². The van der Waals surface area contributed by atoms with Crippen molar-refractivity contribution in [1.29, 1.82) is 0 Å². The van der Waals surface area contributed by atoms with Crippen molar-refractivity contribution in [2.45, 2.75) is 38.0 Å². The molecule has 8 nitrogen and oxygen atoms in total. The first kappa shape index (κ1) is 25.8. The highest BCUT2D eigenvalue weighted by molar-refractivity contribution is 7.90. The van der Waals surface area contributed by atoms with Gasteiger partial charge >= 0.3 is 0 Å². The molecule has 3 rings (SSSR count). The first-order valence-electron chi connectivity index (χ1n) is 10.7. The Balaban J connectivity index is 1.96. The van der Waals surface area contributed by atoms with E-state index in [1.54, 1.807) is 19.1 Å². The number of rotatable bonds is 8. The smallest absolute Gasteiger partial charge is 0.264 e. The Morgan fingerprint density at radius 1 is 1.17 bits per heavy atom. The van der Waals surface area contributed by atoms with Crippen molar-refractivity contribution in [1.82, 2.24) is 9.71 Å². The molecule has 35 heavy (non-hydrogen) atoms. The first-order chi connectivity index (χ1) is 16.6. The van der Waals surface area contributed by atoms with E-state index in [2.05, 4.69) is 14.9 Å². The Morgan fingerprint density at radius 3 is 2.46 bits per heavy atom. The van der Waals surface area contributed by atoms with Gasteiger partial charge in [0, 0.05) is 12.3 Å². The topological polar surface area (TPSA) is 118 Å². The lowest BCUT2D eigenvalue weighted by atomic mass is 9.88. The summed E-state index contributed by atoms with van der Waals surface area (Å²) in [6, 6.07) is 11.5. The SMILES string of the molecule is COc1cc(-c2cc(F)cc(C(C)C)c2CC(=O)NS(=O)(=O)c2ccc(/C(C)=N\O)cc2)ccn1. The lowest BCUT2D eigenvalue weighted by Crippen LogP contribution is -2.32. The number of amides is 1. The lowest BCUT2D eigenvalue weighted by molar-refractivity contribution is -0.118. The summed E-state index contributed by atoms with van der Waals surface area (Å²) in [6.07, 6.45) is 1.22. The summed E-state index contributed by atoms with van der Waals surface area (Å²) in [4.78, 5) is 16.9. The second kappa shape index (κ2) is 10.6. The maximum Gasteiger partial charge on any atom is 0.264 e. The Hall–Kier alpha value is -3.79. The quantitative estimate of drug-likeness (QED) is 0.272. The van der Waals surface area contributed by atoms with Gasteiger partial charge in [0.2, 0.25) is 11.8 Å². The van der Waals surface area contributed by atoms with E-state index in [9.17, 15) is 17.6 Å². The average molecular weight is 500 g/mol. The first-order valence-corrected chi connectivity index (χ1v) is 12.2. The Bertz CT molecular complexity index is 1370. The fourth-order valence-corrected chi connectivity index (χ4v) is 4.64. The van der Waals surface area contributed by atoms with Gasteiger partial charge in [-0.05, 0) is 71.0 Å². The van der Waals surface area contributed by atoms with Crippen LogP contribution in [-0.4, -0.2) is 37.3 Å². The molecule has 0 aliphatic heterocycles. The van der Waals surface area contributed by atoms with Gasteiger partial charge in [0.15, 0.2) is 0 Å². The molecule has 1 aromatic heterocycles. The zero-order valence-electron chi connectivity index (χ0n) is 19.7. The van der Waals surface area contributed by atoms with Crippen molar-refractivity contribution in [3.8, 4) is 17.0 Å². The number of halogens is 1. The van der Waals surface area contributed by atoms with Crippen LogP contribution in [0.2, 0.25) is 0 Å². The standard InChI is InChI=1S/C25H26FN3O5S/c1-15(2)21-12-19(26)13-22(18-9-10-27-25(11-18)34-4)23(21)14-24(30)29-35(32,33)20-7-5-17(6-8-20)16(3)28-31/h5-13,15,31H,14H2,1-4H3,(H,29,30)/b28-16-. The average Bonchev–Trinajstić information content (AvgIpc) is 2.83. The fraction of sp³-hybridized carbons (Fsp3) is 0.240. The third kappa shape index (κ3) is 6.02. The molecule has 0 atom stereocenters. The predicted molar refractivity (Wildman–Crippen MR) is 130 cm³/mol. The third-order valence-electron chi connectivity index (χ3n) is 5.44. The number of hydrogen-bond donors (Lipinski definition) is 2. The molecule has 1 amide bonds. The second-order valence-corrected chi connectivity index (χ2v) is 9.86. The van der Waals surface area contributed by atoms with Crippen molar-refractivity contribution < 1.29 is 27.5 Å². The Labute approximate surface area is 203 Å². The molecule has 2 N–H and O–H groups in total. The molecule has 0 radical (unpaired) electrons. The second-order valence-electron chi connectivity index (χ2n) is 8.18. The number of pyridine rings is 1. The van der Waals surface area contributed by atoms with Crippen LogP contribution in [0.25, 0.3) is 11.1 Å². The maximum atomic E-state index is 14.5. The largest absolute Gasteiger partial charge is 0.481 e. The van der Waals surface area contributed by atoms with Crippen LogP contribution in [0.5, 0.6) is 5.88 Å². The zero-order chi connectivity index (χ0) is 25.8. The van der Waals surface area contributed by atoms with E-state index < -0.39 is 21.7 Å². The van der Waals surface area contributed by atoms with Crippen molar-refractivity contribution in [2.75, 3.05) is 7.11 Å². The minimum Gasteiger partial charge on any atom is -0.481 e. The van der Waals surface area contributed by atoms with Gasteiger partial charge in [-0.3, -0.25) is 4.79 Å². The number of sulfonamides is 1. The molecule has 0 bridgehead atoms. The number of oxime groups is 1. The molecule has 0 fully saturated rings. The van der Waals surface area contributed by atoms with E-state index in [0.717, 1.165) is 0 Å². The normalized spacial score (nSPS) is 12.0. The number of carbonyl (C=O) groups is 1. The summed E-state index contributed by atoms with van der Waals surface area (Å²) in [6.45, 7) is 5.29. The van der Waals surface area contributed by atoms with E-state index in [4.69, 9.17) is 9.94 Å². The number of ether oxygens (including phenoxy) is 1. The monoisotopic (exact) mass is 499 g/mol. The number of methoxy groups -OCH3 is 1. The van der Waals surface area contributed by atoms with E-state index in [0.29, 0.717) is 39.4 Å². The molecule has 2 aromatic carbocycles. The van der Waals surface area contributed by atoms with Gasteiger partial charge in [-0.25, -0.2) is 22.5 Å². The Morgan fingerprint density at radius 2 is 1.86 bits per heavy atom. The highest BCUT2D eigenvalue weighted by Crippen LogP contribution is 2.33. The minimum atomic E-state index is -4.16. The van der Waals surface area contributed by atoms with Crippen LogP contribution in [0.15, 0.2) is 64.8 Å². The van der Waals surface area contributed by atoms with Crippen LogP contribution < -0.4 is 9.46 Å². The van der Waals surface area contributed by atoms with Crippen LogP contribution in [-0.2, 0) is 21.2 Å². The van der Waals surface area contributed by atoms with Gasteiger partial charge in [-0.1, -0.05) is 31.1 Å². The highest BCUT2D eigenvalue weighted by atomic mass is 32.2. The molecule has 3 aromatic rings. The number of hydrogen-bond acceptors (Lipinski definition) is 7. The molecule has 1 heterocycles. The molecule has 0 saturated heterocycles. The van der Waals surface area contributed by atoms with Crippen molar-refractivity contribution in [2.24, 2.45) is 5.16 Å². The molecule has 0 aliphatic carbocycles. The van der Waals surface area contributed by atoms with Crippen LogP contribution in [0, 0.1) is 5.82 Å². The van der Waals surface area contributed by atoms with Gasteiger partial charge in [0.1, 0.15) is 5.82 Å². The number of benzene rings is 2. The summed E-state index contributed by atoms with van der Waals surface area (Å²) in [5, 5.41) is 11.9. The van der Waals surface area contributed by atoms with Crippen LogP contribution in [0.3, 0.4) is 0 Å². The zero-order valence-corrected chi connectivity index (χ0v) is 20.6. The third-order valence-corrected chi connectivity index (χ3v) is 6.83. The molecule has 0 saturated carbocycles. The Kier molecular flexibility index (Phi) is 7.85. The van der Waals surface area contributed by atoms with Crippen LogP contribution >= 0.6 is 0 Å². The number of aromatic nitrogens is 1. The van der Waals surface area contributed by atoms with Crippen LogP contribution in [0.1, 0.15) is 43.4 Å². The molecule has 184 valence electrons. The van der Waals surface area contributed by atoms with Crippen molar-refractivity contribution in [3.63, 3.8) is 0 Å². The fourth-order valence-electron chi connectivity index (χ4n) is 3.65. The summed E-state index contributed by atoms with van der Waals surface area (Å²) >= 11 is 0. The number of nitrogens with zero attached hydrogens (tertiary/aromatic N) is 2. The maximum absolute atomic E-state index is 14.5. The summed E-state index contributed by atoms with van der Waals surface area (Å²) in [5.74, 6) is -1.05. The summed E-state index contributed by atoms with van der Waals surface area (Å²) in [7, 11) is -2.70. The predicted octanol–water partition coefficient (Wildman–Crippen LogP) is 4.27. The van der Waals surface area contributed by atoms with E-state index >= 15 is 0 Å². The summed E-state index contributed by atoms with van der Waals surface area (Å²) < 4.78 is 47.4. The van der Waals surface area contributed by atoms with Gasteiger partial charge in [-0.15, -0.1) is 0 Å². The minimum absolute atomic E-state index is 0.123. The molecule has 0 aliphatic rings. The van der Waals surface area contributed by atoms with Gasteiger partial charge in [-0.2, -0.15) is 0 Å². The van der Waals surface area contributed by atoms with Gasteiger partial charge < -0.3 is 9.94 Å². The van der Waals surface area contributed by atoms with Crippen LogP contribution in [0.4, 0.5) is 4.39 Å². The lowest BCUT2D eigenvalue weighted by Gasteiger charge is -2.18.